The number of aromatic nitrogens is 2. The Labute approximate surface area is 115 Å². The molecule has 0 saturated carbocycles. The average Bonchev–Trinajstić information content (AvgIpc) is 3.04. The number of carbonyl (C=O) groups is 1. The molecule has 0 radical (unpaired) electrons. The summed E-state index contributed by atoms with van der Waals surface area (Å²) < 4.78 is 0. The van der Waals surface area contributed by atoms with Crippen LogP contribution in [0, 0.1) is 0 Å². The van der Waals surface area contributed by atoms with Crippen LogP contribution in [0.15, 0.2) is 12.1 Å². The number of fused-ring (bicyclic) bond motifs is 1. The normalized spacial score (nSPS) is 19.5. The van der Waals surface area contributed by atoms with Crippen molar-refractivity contribution in [2.24, 2.45) is 0 Å². The van der Waals surface area contributed by atoms with Crippen molar-refractivity contribution in [3.05, 3.63) is 17.1 Å². The zero-order chi connectivity index (χ0) is 13.4. The number of aldehydes is 1. The van der Waals surface area contributed by atoms with E-state index < -0.39 is 0 Å². The van der Waals surface area contributed by atoms with Gasteiger partial charge < -0.3 is 9.80 Å². The van der Waals surface area contributed by atoms with E-state index in [1.54, 1.807) is 0 Å². The number of rotatable bonds is 3. The van der Waals surface area contributed by atoms with Crippen LogP contribution in [0.4, 0.5) is 5.82 Å². The summed E-state index contributed by atoms with van der Waals surface area (Å²) in [6.07, 6.45) is 1.94. The van der Waals surface area contributed by atoms with Crippen LogP contribution < -0.4 is 4.90 Å². The number of anilines is 1. The standard InChI is InChI=1S/C13H16N4OS/c1-16(2)9-5-6-17(7-9)11-4-3-10-13(15-11)19-12(8-18)14-10/h3-4,8-9H,5-7H2,1-2H3. The van der Waals surface area contributed by atoms with Crippen LogP contribution in [0.5, 0.6) is 0 Å². The van der Waals surface area contributed by atoms with Crippen LogP contribution in [0.1, 0.15) is 16.2 Å². The van der Waals surface area contributed by atoms with E-state index in [0.717, 1.165) is 42.0 Å². The fraction of sp³-hybridized carbons (Fsp3) is 0.462. The smallest absolute Gasteiger partial charge is 0.178 e. The zero-order valence-corrected chi connectivity index (χ0v) is 11.9. The third kappa shape index (κ3) is 2.33. The Bertz CT molecular complexity index is 610. The summed E-state index contributed by atoms with van der Waals surface area (Å²) in [5.41, 5.74) is 0.805. The van der Waals surface area contributed by atoms with Gasteiger partial charge in [-0.25, -0.2) is 9.97 Å². The van der Waals surface area contributed by atoms with Crippen molar-refractivity contribution in [3.63, 3.8) is 0 Å². The molecule has 3 rings (SSSR count). The van der Waals surface area contributed by atoms with E-state index in [-0.39, 0.29) is 0 Å². The SMILES string of the molecule is CN(C)C1CCN(c2ccc3nc(C=O)sc3n2)C1. The summed E-state index contributed by atoms with van der Waals surface area (Å²) in [6, 6.07) is 4.53. The Balaban J connectivity index is 1.87. The molecule has 1 saturated heterocycles. The molecule has 0 amide bonds. The highest BCUT2D eigenvalue weighted by Gasteiger charge is 2.25. The van der Waals surface area contributed by atoms with Gasteiger partial charge in [-0.3, -0.25) is 4.79 Å². The summed E-state index contributed by atoms with van der Waals surface area (Å²) in [6.45, 7) is 2.03. The van der Waals surface area contributed by atoms with Gasteiger partial charge in [-0.1, -0.05) is 11.3 Å². The lowest BCUT2D eigenvalue weighted by Gasteiger charge is -2.20. The Morgan fingerprint density at radius 2 is 2.26 bits per heavy atom. The van der Waals surface area contributed by atoms with Crippen molar-refractivity contribution in [2.75, 3.05) is 32.1 Å². The first-order valence-corrected chi connectivity index (χ1v) is 7.13. The number of carbonyl (C=O) groups excluding carboxylic acids is 1. The minimum Gasteiger partial charge on any atom is -0.355 e. The number of hydrogen-bond acceptors (Lipinski definition) is 6. The van der Waals surface area contributed by atoms with E-state index in [9.17, 15) is 4.79 Å². The quantitative estimate of drug-likeness (QED) is 0.798. The van der Waals surface area contributed by atoms with Crippen LogP contribution in [0.25, 0.3) is 10.3 Å². The largest absolute Gasteiger partial charge is 0.355 e. The predicted octanol–water partition coefficient (Wildman–Crippen LogP) is 1.64. The highest BCUT2D eigenvalue weighted by atomic mass is 32.1. The third-order valence-corrected chi connectivity index (χ3v) is 4.47. The molecule has 19 heavy (non-hydrogen) atoms. The number of hydrogen-bond donors (Lipinski definition) is 0. The van der Waals surface area contributed by atoms with Gasteiger partial charge in [0.15, 0.2) is 11.3 Å². The molecular formula is C13H16N4OS. The van der Waals surface area contributed by atoms with Crippen molar-refractivity contribution in [2.45, 2.75) is 12.5 Å². The first-order chi connectivity index (χ1) is 9.17. The molecule has 1 atom stereocenters. The predicted molar refractivity (Wildman–Crippen MR) is 77.1 cm³/mol. The molecule has 100 valence electrons. The maximum atomic E-state index is 10.7. The lowest BCUT2D eigenvalue weighted by atomic mass is 10.2. The van der Waals surface area contributed by atoms with Gasteiger partial charge in [0.05, 0.1) is 0 Å². The van der Waals surface area contributed by atoms with Crippen molar-refractivity contribution < 1.29 is 4.79 Å². The van der Waals surface area contributed by atoms with Gasteiger partial charge in [-0.05, 0) is 32.6 Å². The fourth-order valence-electron chi connectivity index (χ4n) is 2.42. The van der Waals surface area contributed by atoms with E-state index in [1.165, 1.54) is 11.3 Å². The Morgan fingerprint density at radius 1 is 1.42 bits per heavy atom. The average molecular weight is 276 g/mol. The second kappa shape index (κ2) is 4.86. The first kappa shape index (κ1) is 12.5. The molecule has 6 heteroatoms. The number of likely N-dealkylation sites (N-methyl/N-ethyl adjacent to an activating group) is 1. The highest BCUT2D eigenvalue weighted by molar-refractivity contribution is 7.19. The van der Waals surface area contributed by atoms with E-state index in [1.807, 2.05) is 12.1 Å². The van der Waals surface area contributed by atoms with Crippen molar-refractivity contribution in [3.8, 4) is 0 Å². The maximum absolute atomic E-state index is 10.7. The van der Waals surface area contributed by atoms with Crippen LogP contribution in [0.3, 0.4) is 0 Å². The third-order valence-electron chi connectivity index (χ3n) is 3.58. The Kier molecular flexibility index (Phi) is 3.20. The minimum absolute atomic E-state index is 0.493. The van der Waals surface area contributed by atoms with Crippen LogP contribution in [-0.4, -0.2) is 54.4 Å². The minimum atomic E-state index is 0.493. The topological polar surface area (TPSA) is 49.3 Å². The summed E-state index contributed by atoms with van der Waals surface area (Å²) in [4.78, 5) is 25.0. The Hall–Kier alpha value is -1.53. The molecule has 0 spiro atoms. The summed E-state index contributed by atoms with van der Waals surface area (Å²) >= 11 is 1.35. The lowest BCUT2D eigenvalue weighted by molar-refractivity contribution is 0.112. The first-order valence-electron chi connectivity index (χ1n) is 6.31. The molecule has 1 aliphatic rings. The van der Waals surface area contributed by atoms with E-state index in [4.69, 9.17) is 0 Å². The van der Waals surface area contributed by atoms with E-state index in [0.29, 0.717) is 11.0 Å². The summed E-state index contributed by atoms with van der Waals surface area (Å²) in [5, 5.41) is 0.493. The van der Waals surface area contributed by atoms with E-state index >= 15 is 0 Å². The number of pyridine rings is 1. The molecule has 2 aromatic rings. The molecule has 3 heterocycles. The van der Waals surface area contributed by atoms with Crippen molar-refractivity contribution in [1.29, 1.82) is 0 Å². The van der Waals surface area contributed by atoms with Gasteiger partial charge >= 0.3 is 0 Å². The molecule has 2 aromatic heterocycles. The molecule has 1 unspecified atom stereocenters. The van der Waals surface area contributed by atoms with Crippen molar-refractivity contribution in [1.82, 2.24) is 14.9 Å². The Morgan fingerprint density at radius 3 is 2.95 bits per heavy atom. The number of thiazole rings is 1. The summed E-state index contributed by atoms with van der Waals surface area (Å²) in [7, 11) is 4.23. The van der Waals surface area contributed by atoms with Crippen LogP contribution >= 0.6 is 11.3 Å². The van der Waals surface area contributed by atoms with Gasteiger partial charge in [0.1, 0.15) is 16.2 Å². The van der Waals surface area contributed by atoms with Gasteiger partial charge in [0.2, 0.25) is 0 Å². The van der Waals surface area contributed by atoms with Gasteiger partial charge in [0, 0.05) is 19.1 Å². The molecule has 5 nitrogen and oxygen atoms in total. The molecular weight excluding hydrogens is 260 g/mol. The maximum Gasteiger partial charge on any atom is 0.178 e. The second-order valence-corrected chi connectivity index (χ2v) is 6.02. The molecule has 0 aliphatic carbocycles. The van der Waals surface area contributed by atoms with Gasteiger partial charge in [0.25, 0.3) is 0 Å². The zero-order valence-electron chi connectivity index (χ0n) is 11.0. The monoisotopic (exact) mass is 276 g/mol. The van der Waals surface area contributed by atoms with Crippen molar-refractivity contribution >= 4 is 33.8 Å². The van der Waals surface area contributed by atoms with Gasteiger partial charge in [-0.15, -0.1) is 0 Å². The second-order valence-electron chi connectivity index (χ2n) is 5.02. The van der Waals surface area contributed by atoms with Crippen LogP contribution in [0.2, 0.25) is 0 Å². The molecule has 0 aromatic carbocycles. The van der Waals surface area contributed by atoms with Gasteiger partial charge in [-0.2, -0.15) is 0 Å². The highest BCUT2D eigenvalue weighted by Crippen LogP contribution is 2.25. The summed E-state index contributed by atoms with van der Waals surface area (Å²) in [5.74, 6) is 0.984. The molecule has 1 fully saturated rings. The molecule has 0 bridgehead atoms. The molecule has 0 N–H and O–H groups in total. The lowest BCUT2D eigenvalue weighted by Crippen LogP contribution is -2.31. The fourth-order valence-corrected chi connectivity index (χ4v) is 3.17. The van der Waals surface area contributed by atoms with Crippen LogP contribution in [-0.2, 0) is 0 Å². The number of nitrogens with zero attached hydrogens (tertiary/aromatic N) is 4. The van der Waals surface area contributed by atoms with E-state index in [2.05, 4.69) is 33.9 Å². The molecule has 1 aliphatic heterocycles.